The third kappa shape index (κ3) is 4.60. The van der Waals surface area contributed by atoms with E-state index in [9.17, 15) is 0 Å². The van der Waals surface area contributed by atoms with Crippen LogP contribution in [0, 0.1) is 6.42 Å². The van der Waals surface area contributed by atoms with Crippen molar-refractivity contribution in [3.05, 3.63) is 71.6 Å². The molecule has 0 aliphatic rings. The van der Waals surface area contributed by atoms with Gasteiger partial charge in [0, 0.05) is 0 Å². The summed E-state index contributed by atoms with van der Waals surface area (Å²) in [7, 11) is -1.26. The normalized spacial score (nSPS) is 11.7. The van der Waals surface area contributed by atoms with Crippen LogP contribution in [0.3, 0.4) is 0 Å². The van der Waals surface area contributed by atoms with E-state index in [0.717, 1.165) is 0 Å². The Hall–Kier alpha value is -1.34. The molecule has 0 heterocycles. The van der Waals surface area contributed by atoms with Gasteiger partial charge >= 0.3 is 0 Å². The first-order valence-electron chi connectivity index (χ1n) is 9.64. The van der Waals surface area contributed by atoms with Crippen LogP contribution in [0.25, 0.3) is 0 Å². The maximum Gasteiger partial charge on any atom is 0.0859 e. The molecule has 0 aromatic heterocycles. The van der Waals surface area contributed by atoms with Crippen molar-refractivity contribution in [2.75, 3.05) is 0 Å². The Bertz CT molecular complexity index is 583. The molecule has 0 bridgehead atoms. The minimum absolute atomic E-state index is 1.17. The number of aryl methyl sites for hydroxylation is 1. The molecular formula is C23H32Si. The Labute approximate surface area is 150 Å². The van der Waals surface area contributed by atoms with Gasteiger partial charge < -0.3 is 0 Å². The summed E-state index contributed by atoms with van der Waals surface area (Å²) in [6, 6.07) is 22.1. The third-order valence-corrected chi connectivity index (χ3v) is 11.2. The van der Waals surface area contributed by atoms with Crippen molar-refractivity contribution >= 4 is 13.3 Å². The molecule has 1 heteroatoms. The summed E-state index contributed by atoms with van der Waals surface area (Å²) in [4.78, 5) is 0. The summed E-state index contributed by atoms with van der Waals surface area (Å²) in [5.41, 5.74) is 3.79. The van der Waals surface area contributed by atoms with E-state index in [-0.39, 0.29) is 0 Å². The van der Waals surface area contributed by atoms with E-state index in [1.165, 1.54) is 54.1 Å². The molecule has 0 N–H and O–H groups in total. The topological polar surface area (TPSA) is 0 Å². The molecule has 0 aliphatic carbocycles. The molecular weight excluding hydrogens is 304 g/mol. The second kappa shape index (κ2) is 9.22. The van der Waals surface area contributed by atoms with Crippen molar-refractivity contribution in [2.45, 2.75) is 65.1 Å². The van der Waals surface area contributed by atoms with E-state index in [4.69, 9.17) is 0 Å². The van der Waals surface area contributed by atoms with Crippen LogP contribution in [-0.2, 0) is 6.42 Å². The summed E-state index contributed by atoms with van der Waals surface area (Å²) < 4.78 is 0. The average molecular weight is 337 g/mol. The lowest BCUT2D eigenvalue weighted by Gasteiger charge is -2.28. The van der Waals surface area contributed by atoms with E-state index in [2.05, 4.69) is 82.6 Å². The molecule has 0 atom stereocenters. The molecule has 0 nitrogen and oxygen atoms in total. The van der Waals surface area contributed by atoms with Gasteiger partial charge in [-0.3, -0.25) is 0 Å². The summed E-state index contributed by atoms with van der Waals surface area (Å²) in [5, 5.41) is 1.61. The first kappa shape index (κ1) is 19.0. The Balaban J connectivity index is 2.06. The predicted molar refractivity (Wildman–Crippen MR) is 110 cm³/mol. The lowest BCUT2D eigenvalue weighted by Crippen LogP contribution is -2.45. The zero-order valence-electron chi connectivity index (χ0n) is 15.9. The Morgan fingerprint density at radius 3 is 1.67 bits per heavy atom. The highest BCUT2D eigenvalue weighted by molar-refractivity contribution is 6.91. The van der Waals surface area contributed by atoms with Crippen LogP contribution in [0.5, 0.6) is 0 Å². The van der Waals surface area contributed by atoms with Crippen molar-refractivity contribution < 1.29 is 0 Å². The van der Waals surface area contributed by atoms with Crippen molar-refractivity contribution in [3.63, 3.8) is 0 Å². The van der Waals surface area contributed by atoms with Crippen LogP contribution in [-0.4, -0.2) is 8.07 Å². The van der Waals surface area contributed by atoms with Crippen LogP contribution >= 0.6 is 0 Å². The van der Waals surface area contributed by atoms with Crippen LogP contribution in [0.2, 0.25) is 18.1 Å². The SMILES string of the molecule is CCCCc1ccc([C]c2ccc([Si](CC)(CC)CC)cc2)cc1. The van der Waals surface area contributed by atoms with Gasteiger partial charge in [0.15, 0.2) is 0 Å². The van der Waals surface area contributed by atoms with E-state index in [0.29, 0.717) is 0 Å². The van der Waals surface area contributed by atoms with E-state index >= 15 is 0 Å². The molecule has 128 valence electrons. The third-order valence-electron chi connectivity index (χ3n) is 5.59. The van der Waals surface area contributed by atoms with Gasteiger partial charge in [0.2, 0.25) is 0 Å². The van der Waals surface area contributed by atoms with Crippen molar-refractivity contribution in [1.29, 1.82) is 0 Å². The van der Waals surface area contributed by atoms with Gasteiger partial charge in [-0.1, -0.05) is 106 Å². The van der Waals surface area contributed by atoms with Crippen molar-refractivity contribution in [1.82, 2.24) is 0 Å². The van der Waals surface area contributed by atoms with Gasteiger partial charge in [0.25, 0.3) is 0 Å². The molecule has 2 rings (SSSR count). The Kier molecular flexibility index (Phi) is 7.30. The second-order valence-electron chi connectivity index (χ2n) is 6.84. The highest BCUT2D eigenvalue weighted by Crippen LogP contribution is 2.21. The molecule has 2 aromatic carbocycles. The molecule has 0 aliphatic heterocycles. The van der Waals surface area contributed by atoms with Gasteiger partial charge in [-0.15, -0.1) is 0 Å². The second-order valence-corrected chi connectivity index (χ2v) is 12.1. The van der Waals surface area contributed by atoms with Crippen LogP contribution < -0.4 is 5.19 Å². The number of rotatable bonds is 9. The van der Waals surface area contributed by atoms with Gasteiger partial charge in [-0.2, -0.15) is 0 Å². The van der Waals surface area contributed by atoms with Crippen LogP contribution in [0.1, 0.15) is 57.2 Å². The fourth-order valence-electron chi connectivity index (χ4n) is 3.57. The van der Waals surface area contributed by atoms with Crippen molar-refractivity contribution in [2.24, 2.45) is 0 Å². The van der Waals surface area contributed by atoms with Crippen molar-refractivity contribution in [3.8, 4) is 0 Å². The maximum absolute atomic E-state index is 3.54. The average Bonchev–Trinajstić information content (AvgIpc) is 2.64. The molecule has 0 unspecified atom stereocenters. The monoisotopic (exact) mass is 336 g/mol. The zero-order chi connectivity index (χ0) is 17.4. The first-order valence-corrected chi connectivity index (χ1v) is 12.3. The van der Waals surface area contributed by atoms with Gasteiger partial charge in [0.1, 0.15) is 0 Å². The minimum Gasteiger partial charge on any atom is -0.0675 e. The predicted octanol–water partition coefficient (Wildman–Crippen LogP) is 6.22. The quantitative estimate of drug-likeness (QED) is 0.477. The molecule has 0 saturated heterocycles. The first-order chi connectivity index (χ1) is 11.7. The number of benzene rings is 2. The standard InChI is InChI=1S/C23H32Si/c1-5-9-10-20-11-13-21(14-12-20)19-22-15-17-23(18-16-22)24(6-2,7-3)8-4/h11-18H,5-10H2,1-4H3. The highest BCUT2D eigenvalue weighted by atomic mass is 28.3. The maximum atomic E-state index is 3.54. The van der Waals surface area contributed by atoms with Gasteiger partial charge in [0.05, 0.1) is 14.5 Å². The molecule has 0 saturated carbocycles. The van der Waals surface area contributed by atoms with E-state index in [1.54, 1.807) is 5.19 Å². The summed E-state index contributed by atoms with van der Waals surface area (Å²) in [6.45, 7) is 9.34. The smallest absolute Gasteiger partial charge is 0.0675 e. The molecule has 0 fully saturated rings. The molecule has 0 amide bonds. The van der Waals surface area contributed by atoms with Crippen LogP contribution in [0.15, 0.2) is 48.5 Å². The summed E-state index contributed by atoms with van der Waals surface area (Å²) in [5.74, 6) is 0. The van der Waals surface area contributed by atoms with E-state index in [1.807, 2.05) is 0 Å². The largest absolute Gasteiger partial charge is 0.0859 e. The number of hydrogen-bond donors (Lipinski definition) is 0. The summed E-state index contributed by atoms with van der Waals surface area (Å²) >= 11 is 0. The Morgan fingerprint density at radius 1 is 0.708 bits per heavy atom. The van der Waals surface area contributed by atoms with Gasteiger partial charge in [-0.25, -0.2) is 0 Å². The zero-order valence-corrected chi connectivity index (χ0v) is 16.9. The fraction of sp³-hybridized carbons (Fsp3) is 0.435. The highest BCUT2D eigenvalue weighted by Gasteiger charge is 2.28. The lowest BCUT2D eigenvalue weighted by molar-refractivity contribution is 0.795. The molecule has 0 spiro atoms. The summed E-state index contributed by atoms with van der Waals surface area (Å²) in [6.07, 6.45) is 7.24. The lowest BCUT2D eigenvalue weighted by atomic mass is 10.0. The molecule has 24 heavy (non-hydrogen) atoms. The Morgan fingerprint density at radius 2 is 1.21 bits per heavy atom. The van der Waals surface area contributed by atoms with E-state index < -0.39 is 8.07 Å². The fourth-order valence-corrected chi connectivity index (χ4v) is 7.17. The minimum atomic E-state index is -1.26. The number of unbranched alkanes of at least 4 members (excludes halogenated alkanes) is 1. The number of hydrogen-bond acceptors (Lipinski definition) is 0. The van der Waals surface area contributed by atoms with Gasteiger partial charge in [-0.05, 0) is 29.5 Å². The molecule has 2 aromatic rings. The molecule has 2 radical (unpaired) electrons. The van der Waals surface area contributed by atoms with Crippen LogP contribution in [0.4, 0.5) is 0 Å².